The van der Waals surface area contributed by atoms with Crippen molar-refractivity contribution in [1.29, 1.82) is 0 Å². The van der Waals surface area contributed by atoms with Gasteiger partial charge < -0.3 is 5.11 Å². The summed E-state index contributed by atoms with van der Waals surface area (Å²) in [5.74, 6) is 0. The van der Waals surface area contributed by atoms with Gasteiger partial charge in [-0.3, -0.25) is 15.0 Å². The molecule has 1 atom stereocenters. The minimum absolute atomic E-state index is 0.531. The van der Waals surface area contributed by atoms with Crippen LogP contribution in [0.15, 0.2) is 48.9 Å². The van der Waals surface area contributed by atoms with E-state index in [1.807, 2.05) is 37.3 Å². The lowest BCUT2D eigenvalue weighted by Crippen LogP contribution is -2.04. The van der Waals surface area contributed by atoms with Gasteiger partial charge in [0, 0.05) is 23.3 Å². The molecule has 2 heterocycles. The lowest BCUT2D eigenvalue weighted by molar-refractivity contribution is 0.216. The molecule has 94 valence electrons. The van der Waals surface area contributed by atoms with Crippen LogP contribution in [0.2, 0.25) is 0 Å². The Morgan fingerprint density at radius 3 is 2.63 bits per heavy atom. The molecular formula is C15H13N3O. The zero-order valence-electron chi connectivity index (χ0n) is 10.5. The second kappa shape index (κ2) is 4.74. The molecule has 3 rings (SSSR count). The molecular weight excluding hydrogens is 238 g/mol. The van der Waals surface area contributed by atoms with Gasteiger partial charge in [0.2, 0.25) is 0 Å². The number of fused-ring (bicyclic) bond motifs is 1. The predicted octanol–water partition coefficient (Wildman–Crippen LogP) is 2.41. The minimum atomic E-state index is -0.813. The molecule has 0 saturated heterocycles. The number of benzene rings is 1. The van der Waals surface area contributed by atoms with E-state index in [0.717, 1.165) is 22.2 Å². The summed E-state index contributed by atoms with van der Waals surface area (Å²) in [5.41, 5.74) is 2.90. The molecule has 0 aliphatic carbocycles. The number of aryl methyl sites for hydroxylation is 1. The summed E-state index contributed by atoms with van der Waals surface area (Å²) in [6.45, 7) is 1.86. The molecule has 2 aromatic heterocycles. The summed E-state index contributed by atoms with van der Waals surface area (Å²) in [7, 11) is 0. The molecule has 0 aliphatic rings. The highest BCUT2D eigenvalue weighted by Crippen LogP contribution is 2.26. The van der Waals surface area contributed by atoms with Gasteiger partial charge in [-0.25, -0.2) is 0 Å². The number of rotatable bonds is 2. The monoisotopic (exact) mass is 251 g/mol. The Morgan fingerprint density at radius 2 is 1.84 bits per heavy atom. The van der Waals surface area contributed by atoms with Gasteiger partial charge in [0.1, 0.15) is 6.10 Å². The standard InChI is InChI=1S/C15H13N3O/c1-10-8-18-13(9-17-10)15(19)12-6-2-4-11-5-3-7-16-14(11)12/h2-9,15,19H,1H3. The lowest BCUT2D eigenvalue weighted by atomic mass is 10.0. The van der Waals surface area contributed by atoms with Crippen molar-refractivity contribution in [3.05, 3.63) is 65.9 Å². The van der Waals surface area contributed by atoms with Crippen molar-refractivity contribution in [3.63, 3.8) is 0 Å². The summed E-state index contributed by atoms with van der Waals surface area (Å²) in [6.07, 6.45) is 4.16. The molecule has 0 fully saturated rings. The van der Waals surface area contributed by atoms with Crippen molar-refractivity contribution < 1.29 is 5.11 Å². The lowest BCUT2D eigenvalue weighted by Gasteiger charge is -2.12. The molecule has 4 nitrogen and oxygen atoms in total. The summed E-state index contributed by atoms with van der Waals surface area (Å²) >= 11 is 0. The molecule has 1 unspecified atom stereocenters. The summed E-state index contributed by atoms with van der Waals surface area (Å²) in [5, 5.41) is 11.4. The number of hydrogen-bond acceptors (Lipinski definition) is 4. The second-order valence-electron chi connectivity index (χ2n) is 4.41. The molecule has 4 heteroatoms. The third-order valence-corrected chi connectivity index (χ3v) is 3.04. The van der Waals surface area contributed by atoms with Gasteiger partial charge >= 0.3 is 0 Å². The zero-order chi connectivity index (χ0) is 13.2. The van der Waals surface area contributed by atoms with E-state index in [0.29, 0.717) is 5.69 Å². The van der Waals surface area contributed by atoms with Gasteiger partial charge in [0.25, 0.3) is 0 Å². The normalized spacial score (nSPS) is 12.5. The molecule has 0 spiro atoms. The maximum atomic E-state index is 10.4. The Morgan fingerprint density at radius 1 is 1.00 bits per heavy atom. The van der Waals surface area contributed by atoms with Crippen molar-refractivity contribution in [2.75, 3.05) is 0 Å². The van der Waals surface area contributed by atoms with Gasteiger partial charge in [-0.15, -0.1) is 0 Å². The second-order valence-corrected chi connectivity index (χ2v) is 4.41. The molecule has 19 heavy (non-hydrogen) atoms. The number of aromatic nitrogens is 3. The smallest absolute Gasteiger partial charge is 0.125 e. The Labute approximate surface area is 110 Å². The van der Waals surface area contributed by atoms with E-state index in [-0.39, 0.29) is 0 Å². The fraction of sp³-hybridized carbons (Fsp3) is 0.133. The van der Waals surface area contributed by atoms with Crippen LogP contribution in [-0.4, -0.2) is 20.1 Å². The third-order valence-electron chi connectivity index (χ3n) is 3.04. The average molecular weight is 251 g/mol. The Bertz CT molecular complexity index is 705. The molecule has 0 saturated carbocycles. The van der Waals surface area contributed by atoms with Gasteiger partial charge in [-0.05, 0) is 13.0 Å². The number of aliphatic hydroxyl groups excluding tert-OH is 1. The third kappa shape index (κ3) is 2.18. The van der Waals surface area contributed by atoms with Crippen LogP contribution in [0.5, 0.6) is 0 Å². The molecule has 0 amide bonds. The number of hydrogen-bond donors (Lipinski definition) is 1. The van der Waals surface area contributed by atoms with Crippen molar-refractivity contribution >= 4 is 10.9 Å². The molecule has 0 radical (unpaired) electrons. The number of nitrogens with zero attached hydrogens (tertiary/aromatic N) is 3. The first kappa shape index (κ1) is 11.7. The maximum Gasteiger partial charge on any atom is 0.125 e. The van der Waals surface area contributed by atoms with E-state index in [9.17, 15) is 5.11 Å². The number of para-hydroxylation sites is 1. The first-order chi connectivity index (χ1) is 9.25. The first-order valence-corrected chi connectivity index (χ1v) is 6.06. The van der Waals surface area contributed by atoms with Crippen molar-refractivity contribution in [3.8, 4) is 0 Å². The van der Waals surface area contributed by atoms with Crippen LogP contribution in [0.25, 0.3) is 10.9 Å². The van der Waals surface area contributed by atoms with E-state index in [1.54, 1.807) is 18.6 Å². The predicted molar refractivity (Wildman–Crippen MR) is 72.6 cm³/mol. The maximum absolute atomic E-state index is 10.4. The van der Waals surface area contributed by atoms with Crippen LogP contribution in [0.3, 0.4) is 0 Å². The summed E-state index contributed by atoms with van der Waals surface area (Å²) in [6, 6.07) is 9.59. The van der Waals surface area contributed by atoms with E-state index in [4.69, 9.17) is 0 Å². The van der Waals surface area contributed by atoms with Gasteiger partial charge in [-0.2, -0.15) is 0 Å². The van der Waals surface area contributed by atoms with Crippen LogP contribution < -0.4 is 0 Å². The first-order valence-electron chi connectivity index (χ1n) is 6.06. The Balaban J connectivity index is 2.11. The topological polar surface area (TPSA) is 58.9 Å². The minimum Gasteiger partial charge on any atom is -0.382 e. The van der Waals surface area contributed by atoms with Crippen LogP contribution in [0, 0.1) is 6.92 Å². The van der Waals surface area contributed by atoms with Gasteiger partial charge in [-0.1, -0.05) is 24.3 Å². The molecule has 0 bridgehead atoms. The molecule has 0 aliphatic heterocycles. The largest absolute Gasteiger partial charge is 0.382 e. The number of aliphatic hydroxyl groups is 1. The van der Waals surface area contributed by atoms with Crippen molar-refractivity contribution in [2.24, 2.45) is 0 Å². The van der Waals surface area contributed by atoms with Gasteiger partial charge in [0.15, 0.2) is 0 Å². The zero-order valence-corrected chi connectivity index (χ0v) is 10.5. The highest BCUT2D eigenvalue weighted by Gasteiger charge is 2.15. The van der Waals surface area contributed by atoms with E-state index < -0.39 is 6.10 Å². The average Bonchev–Trinajstić information content (AvgIpc) is 2.47. The number of pyridine rings is 1. The molecule has 1 N–H and O–H groups in total. The highest BCUT2D eigenvalue weighted by atomic mass is 16.3. The molecule has 3 aromatic rings. The van der Waals surface area contributed by atoms with Crippen LogP contribution in [0.4, 0.5) is 0 Å². The molecule has 1 aromatic carbocycles. The SMILES string of the molecule is Cc1cnc(C(O)c2cccc3cccnc23)cn1. The highest BCUT2D eigenvalue weighted by molar-refractivity contribution is 5.82. The van der Waals surface area contributed by atoms with Gasteiger partial charge in [0.05, 0.1) is 23.1 Å². The van der Waals surface area contributed by atoms with Crippen molar-refractivity contribution in [2.45, 2.75) is 13.0 Å². The van der Waals surface area contributed by atoms with Crippen molar-refractivity contribution in [1.82, 2.24) is 15.0 Å². The van der Waals surface area contributed by atoms with Crippen LogP contribution in [-0.2, 0) is 0 Å². The fourth-order valence-electron chi connectivity index (χ4n) is 2.05. The van der Waals surface area contributed by atoms with E-state index in [1.165, 1.54) is 0 Å². The summed E-state index contributed by atoms with van der Waals surface area (Å²) < 4.78 is 0. The Hall–Kier alpha value is -2.33. The quantitative estimate of drug-likeness (QED) is 0.760. The Kier molecular flexibility index (Phi) is 2.93. The fourth-order valence-corrected chi connectivity index (χ4v) is 2.05. The van der Waals surface area contributed by atoms with Crippen LogP contribution in [0.1, 0.15) is 23.1 Å². The van der Waals surface area contributed by atoms with E-state index in [2.05, 4.69) is 15.0 Å². The summed E-state index contributed by atoms with van der Waals surface area (Å²) in [4.78, 5) is 12.7. The van der Waals surface area contributed by atoms with Crippen LogP contribution >= 0.6 is 0 Å². The van der Waals surface area contributed by atoms with E-state index >= 15 is 0 Å².